The molecule has 1 heterocycles. The molecular weight excluding hydrogens is 284 g/mol. The quantitative estimate of drug-likeness (QED) is 0.908. The molecule has 1 aliphatic rings. The monoisotopic (exact) mass is 310 g/mol. The molecule has 1 unspecified atom stereocenters. The largest absolute Gasteiger partial charge is 0.317 e. The van der Waals surface area contributed by atoms with E-state index in [2.05, 4.69) is 12.2 Å². The Kier molecular flexibility index (Phi) is 5.41. The molecule has 0 aliphatic carbocycles. The van der Waals surface area contributed by atoms with Gasteiger partial charge in [0.15, 0.2) is 0 Å². The van der Waals surface area contributed by atoms with Crippen LogP contribution in [0, 0.1) is 19.8 Å². The standard InChI is InChI=1S/C16H26N2O2S/c1-4-17-11-15-6-5-9-18(12-15)21(19,20)16-8-7-13(2)10-14(16)3/h7-8,10,15,17H,4-6,9,11-12H2,1-3H3. The van der Waals surface area contributed by atoms with Gasteiger partial charge in [0.2, 0.25) is 10.0 Å². The summed E-state index contributed by atoms with van der Waals surface area (Å²) in [5.41, 5.74) is 1.93. The lowest BCUT2D eigenvalue weighted by molar-refractivity contribution is 0.261. The van der Waals surface area contributed by atoms with Crippen molar-refractivity contribution in [1.29, 1.82) is 0 Å². The summed E-state index contributed by atoms with van der Waals surface area (Å²) in [6, 6.07) is 5.56. The molecular formula is C16H26N2O2S. The molecule has 1 aromatic rings. The Hall–Kier alpha value is -0.910. The van der Waals surface area contributed by atoms with Crippen molar-refractivity contribution in [3.63, 3.8) is 0 Å². The van der Waals surface area contributed by atoms with Gasteiger partial charge in [0.05, 0.1) is 4.90 Å². The van der Waals surface area contributed by atoms with Crippen molar-refractivity contribution in [3.05, 3.63) is 29.3 Å². The average Bonchev–Trinajstić information content (AvgIpc) is 2.45. The molecule has 118 valence electrons. The Morgan fingerprint density at radius 1 is 1.33 bits per heavy atom. The number of hydrogen-bond donors (Lipinski definition) is 1. The predicted octanol–water partition coefficient (Wildman–Crippen LogP) is 2.31. The summed E-state index contributed by atoms with van der Waals surface area (Å²) in [6.45, 7) is 9.03. The van der Waals surface area contributed by atoms with E-state index in [1.54, 1.807) is 10.4 Å². The van der Waals surface area contributed by atoms with Crippen LogP contribution in [0.5, 0.6) is 0 Å². The van der Waals surface area contributed by atoms with E-state index in [4.69, 9.17) is 0 Å². The lowest BCUT2D eigenvalue weighted by Gasteiger charge is -2.32. The lowest BCUT2D eigenvalue weighted by Crippen LogP contribution is -2.43. The molecule has 2 rings (SSSR count). The normalized spacial score (nSPS) is 20.6. The van der Waals surface area contributed by atoms with Crippen LogP contribution in [0.3, 0.4) is 0 Å². The van der Waals surface area contributed by atoms with Crippen molar-refractivity contribution >= 4 is 10.0 Å². The van der Waals surface area contributed by atoms with E-state index >= 15 is 0 Å². The van der Waals surface area contributed by atoms with Crippen LogP contribution in [-0.4, -0.2) is 38.9 Å². The minimum atomic E-state index is -3.36. The Morgan fingerprint density at radius 3 is 2.76 bits per heavy atom. The molecule has 4 nitrogen and oxygen atoms in total. The maximum absolute atomic E-state index is 12.8. The molecule has 0 saturated carbocycles. The van der Waals surface area contributed by atoms with Crippen LogP contribution in [0.1, 0.15) is 30.9 Å². The van der Waals surface area contributed by atoms with Gasteiger partial charge in [-0.1, -0.05) is 24.6 Å². The fourth-order valence-electron chi connectivity index (χ4n) is 2.99. The Morgan fingerprint density at radius 2 is 2.10 bits per heavy atom. The minimum Gasteiger partial charge on any atom is -0.317 e. The van der Waals surface area contributed by atoms with E-state index < -0.39 is 10.0 Å². The third-order valence-electron chi connectivity index (χ3n) is 4.11. The summed E-state index contributed by atoms with van der Waals surface area (Å²) < 4.78 is 27.4. The molecule has 5 heteroatoms. The fourth-order valence-corrected chi connectivity index (χ4v) is 4.75. The number of hydrogen-bond acceptors (Lipinski definition) is 3. The molecule has 1 atom stereocenters. The highest BCUT2D eigenvalue weighted by atomic mass is 32.2. The maximum atomic E-state index is 12.8. The van der Waals surface area contributed by atoms with E-state index in [1.807, 2.05) is 26.0 Å². The highest BCUT2D eigenvalue weighted by Gasteiger charge is 2.30. The fraction of sp³-hybridized carbons (Fsp3) is 0.625. The predicted molar refractivity (Wildman–Crippen MR) is 85.9 cm³/mol. The molecule has 1 saturated heterocycles. The Balaban J connectivity index is 2.18. The lowest BCUT2D eigenvalue weighted by atomic mass is 10.00. The zero-order chi connectivity index (χ0) is 15.5. The van der Waals surface area contributed by atoms with Gasteiger partial charge in [-0.05, 0) is 57.3 Å². The van der Waals surface area contributed by atoms with Crippen molar-refractivity contribution in [1.82, 2.24) is 9.62 Å². The second-order valence-corrected chi connectivity index (χ2v) is 7.85. The molecule has 0 bridgehead atoms. The van der Waals surface area contributed by atoms with Gasteiger partial charge in [0.25, 0.3) is 0 Å². The van der Waals surface area contributed by atoms with Gasteiger partial charge < -0.3 is 5.32 Å². The summed E-state index contributed by atoms with van der Waals surface area (Å²) in [7, 11) is -3.36. The van der Waals surface area contributed by atoms with Gasteiger partial charge in [-0.2, -0.15) is 4.31 Å². The van der Waals surface area contributed by atoms with E-state index in [0.29, 0.717) is 23.9 Å². The first kappa shape index (κ1) is 16.5. The number of nitrogens with one attached hydrogen (secondary N) is 1. The highest BCUT2D eigenvalue weighted by molar-refractivity contribution is 7.89. The molecule has 1 fully saturated rings. The molecule has 0 radical (unpaired) electrons. The van der Waals surface area contributed by atoms with Gasteiger partial charge in [-0.15, -0.1) is 0 Å². The number of rotatable bonds is 5. The Bertz CT molecular complexity index is 584. The summed E-state index contributed by atoms with van der Waals surface area (Å²) in [4.78, 5) is 0.456. The van der Waals surface area contributed by atoms with Crippen LogP contribution < -0.4 is 5.32 Å². The smallest absolute Gasteiger partial charge is 0.243 e. The third-order valence-corrected chi connectivity index (χ3v) is 6.14. The van der Waals surface area contributed by atoms with Crippen LogP contribution in [0.15, 0.2) is 23.1 Å². The molecule has 21 heavy (non-hydrogen) atoms. The van der Waals surface area contributed by atoms with E-state index in [0.717, 1.165) is 37.1 Å². The van der Waals surface area contributed by atoms with Gasteiger partial charge in [-0.25, -0.2) is 8.42 Å². The second kappa shape index (κ2) is 6.90. The van der Waals surface area contributed by atoms with Crippen molar-refractivity contribution in [3.8, 4) is 0 Å². The number of nitrogens with zero attached hydrogens (tertiary/aromatic N) is 1. The van der Waals surface area contributed by atoms with Crippen molar-refractivity contribution in [2.24, 2.45) is 5.92 Å². The molecule has 1 N–H and O–H groups in total. The molecule has 1 aromatic carbocycles. The van der Waals surface area contributed by atoms with Gasteiger partial charge in [0.1, 0.15) is 0 Å². The van der Waals surface area contributed by atoms with Crippen LogP contribution in [0.4, 0.5) is 0 Å². The van der Waals surface area contributed by atoms with Crippen molar-refractivity contribution < 1.29 is 8.42 Å². The highest BCUT2D eigenvalue weighted by Crippen LogP contribution is 2.25. The van der Waals surface area contributed by atoms with Crippen LogP contribution >= 0.6 is 0 Å². The zero-order valence-electron chi connectivity index (χ0n) is 13.2. The summed E-state index contributed by atoms with van der Waals surface area (Å²) in [6.07, 6.45) is 2.05. The zero-order valence-corrected chi connectivity index (χ0v) is 14.0. The Labute approximate surface area is 128 Å². The van der Waals surface area contributed by atoms with E-state index in [-0.39, 0.29) is 0 Å². The number of sulfonamides is 1. The molecule has 0 aromatic heterocycles. The van der Waals surface area contributed by atoms with Gasteiger partial charge in [-0.3, -0.25) is 0 Å². The summed E-state index contributed by atoms with van der Waals surface area (Å²) >= 11 is 0. The molecule has 1 aliphatic heterocycles. The van der Waals surface area contributed by atoms with E-state index in [9.17, 15) is 8.42 Å². The third kappa shape index (κ3) is 3.84. The summed E-state index contributed by atoms with van der Waals surface area (Å²) in [5, 5.41) is 3.33. The first-order valence-corrected chi connectivity index (χ1v) is 9.17. The van der Waals surface area contributed by atoms with E-state index in [1.165, 1.54) is 0 Å². The van der Waals surface area contributed by atoms with Crippen LogP contribution in [0.25, 0.3) is 0 Å². The summed E-state index contributed by atoms with van der Waals surface area (Å²) in [5.74, 6) is 0.416. The topological polar surface area (TPSA) is 49.4 Å². The molecule has 0 spiro atoms. The van der Waals surface area contributed by atoms with Crippen LogP contribution in [0.2, 0.25) is 0 Å². The second-order valence-electron chi connectivity index (χ2n) is 5.95. The van der Waals surface area contributed by atoms with Crippen molar-refractivity contribution in [2.75, 3.05) is 26.2 Å². The molecule has 0 amide bonds. The first-order chi connectivity index (χ1) is 9.95. The number of piperidine rings is 1. The maximum Gasteiger partial charge on any atom is 0.243 e. The van der Waals surface area contributed by atoms with Gasteiger partial charge in [0, 0.05) is 13.1 Å². The number of aryl methyl sites for hydroxylation is 2. The van der Waals surface area contributed by atoms with Crippen LogP contribution in [-0.2, 0) is 10.0 Å². The average molecular weight is 310 g/mol. The van der Waals surface area contributed by atoms with Gasteiger partial charge >= 0.3 is 0 Å². The number of benzene rings is 1. The minimum absolute atomic E-state index is 0.416. The van der Waals surface area contributed by atoms with Crippen molar-refractivity contribution in [2.45, 2.75) is 38.5 Å². The SMILES string of the molecule is CCNCC1CCCN(S(=O)(=O)c2ccc(C)cc2C)C1. The first-order valence-electron chi connectivity index (χ1n) is 7.73.